The fourth-order valence-corrected chi connectivity index (χ4v) is 3.00. The molecule has 0 amide bonds. The van der Waals surface area contributed by atoms with Crippen molar-refractivity contribution in [2.45, 2.75) is 90.9 Å². The summed E-state index contributed by atoms with van der Waals surface area (Å²) in [5, 5.41) is 0. The van der Waals surface area contributed by atoms with Crippen LogP contribution in [0.5, 0.6) is 0 Å². The first-order valence-electron chi connectivity index (χ1n) is 9.53. The van der Waals surface area contributed by atoms with Gasteiger partial charge in [-0.25, -0.2) is 0 Å². The molecule has 0 spiro atoms. The Labute approximate surface area is 145 Å². The highest BCUT2D eigenvalue weighted by atomic mass is 35.5. The minimum absolute atomic E-state index is 0. The number of halogens is 1. The molecule has 1 aliphatic heterocycles. The molecule has 2 nitrogen and oxygen atoms in total. The molecule has 0 unspecified atom stereocenters. The van der Waals surface area contributed by atoms with E-state index in [0.717, 1.165) is 6.67 Å². The molecule has 132 valence electrons. The van der Waals surface area contributed by atoms with E-state index in [9.17, 15) is 0 Å². The molecule has 3 heteroatoms. The van der Waals surface area contributed by atoms with E-state index < -0.39 is 0 Å². The molecule has 0 N–H and O–H groups in total. The average Bonchev–Trinajstić information content (AvgIpc) is 2.94. The Balaban J connectivity index is 0.00000441. The summed E-state index contributed by atoms with van der Waals surface area (Å²) in [6.07, 6.45) is 21.3. The summed E-state index contributed by atoms with van der Waals surface area (Å²) in [7, 11) is 0. The zero-order valence-corrected chi connectivity index (χ0v) is 15.9. The summed E-state index contributed by atoms with van der Waals surface area (Å²) in [5.41, 5.74) is 0. The molecule has 0 saturated carbocycles. The van der Waals surface area contributed by atoms with Crippen LogP contribution in [0.15, 0.2) is 12.4 Å². The van der Waals surface area contributed by atoms with E-state index in [-0.39, 0.29) is 12.4 Å². The maximum absolute atomic E-state index is 2.48. The summed E-state index contributed by atoms with van der Waals surface area (Å²) in [5.74, 6) is 0. The van der Waals surface area contributed by atoms with Crippen LogP contribution in [0.3, 0.4) is 0 Å². The number of hydrogen-bond donors (Lipinski definition) is 0. The van der Waals surface area contributed by atoms with Crippen LogP contribution in [0, 0.1) is 0 Å². The monoisotopic (exact) mass is 330 g/mol. The molecule has 0 aromatic rings. The maximum Gasteiger partial charge on any atom is 0.0893 e. The fraction of sp³-hybridized carbons (Fsp3) is 0.895. The van der Waals surface area contributed by atoms with Gasteiger partial charge in [-0.2, -0.15) is 0 Å². The molecule has 1 heterocycles. The van der Waals surface area contributed by atoms with Gasteiger partial charge in [0.15, 0.2) is 0 Å². The third kappa shape index (κ3) is 11.2. The zero-order chi connectivity index (χ0) is 15.2. The molecule has 0 aliphatic carbocycles. The fourth-order valence-electron chi connectivity index (χ4n) is 3.00. The number of nitrogens with zero attached hydrogens (tertiary/aromatic N) is 2. The van der Waals surface area contributed by atoms with Crippen molar-refractivity contribution >= 4 is 12.4 Å². The van der Waals surface area contributed by atoms with E-state index in [1.165, 1.54) is 90.1 Å². The third-order valence-corrected chi connectivity index (χ3v) is 4.45. The van der Waals surface area contributed by atoms with Crippen LogP contribution in [-0.2, 0) is 0 Å². The van der Waals surface area contributed by atoms with Gasteiger partial charge in [-0.05, 0) is 12.8 Å². The Morgan fingerprint density at radius 2 is 0.955 bits per heavy atom. The van der Waals surface area contributed by atoms with Gasteiger partial charge in [-0.3, -0.25) is 0 Å². The molecule has 0 aromatic heterocycles. The lowest BCUT2D eigenvalue weighted by Crippen LogP contribution is -2.26. The van der Waals surface area contributed by atoms with Gasteiger partial charge in [-0.1, -0.05) is 78.1 Å². The first-order valence-corrected chi connectivity index (χ1v) is 9.53. The quantitative estimate of drug-likeness (QED) is 0.351. The normalized spacial score (nSPS) is 13.7. The molecular weight excluding hydrogens is 292 g/mol. The second-order valence-electron chi connectivity index (χ2n) is 6.60. The minimum atomic E-state index is 0. The lowest BCUT2D eigenvalue weighted by Gasteiger charge is -2.21. The molecule has 0 fully saturated rings. The Kier molecular flexibility index (Phi) is 15.3. The summed E-state index contributed by atoms with van der Waals surface area (Å²) >= 11 is 0. The van der Waals surface area contributed by atoms with Crippen molar-refractivity contribution in [1.29, 1.82) is 0 Å². The SMILES string of the molecule is CCCCCCCCN1C=CN(CCCCCCCC)C1.Cl. The van der Waals surface area contributed by atoms with Crippen molar-refractivity contribution in [1.82, 2.24) is 9.80 Å². The van der Waals surface area contributed by atoms with Gasteiger partial charge in [0.2, 0.25) is 0 Å². The number of rotatable bonds is 14. The number of hydrogen-bond acceptors (Lipinski definition) is 2. The zero-order valence-electron chi connectivity index (χ0n) is 15.1. The second kappa shape index (κ2) is 15.5. The predicted octanol–water partition coefficient (Wildman–Crippen LogP) is 6.18. The van der Waals surface area contributed by atoms with E-state index in [2.05, 4.69) is 36.0 Å². The summed E-state index contributed by atoms with van der Waals surface area (Å²) in [4.78, 5) is 4.97. The summed E-state index contributed by atoms with van der Waals surface area (Å²) in [6, 6.07) is 0. The second-order valence-corrected chi connectivity index (χ2v) is 6.60. The highest BCUT2D eigenvalue weighted by Gasteiger charge is 2.10. The molecule has 0 radical (unpaired) electrons. The van der Waals surface area contributed by atoms with Crippen molar-refractivity contribution in [3.05, 3.63) is 12.4 Å². The molecule has 22 heavy (non-hydrogen) atoms. The number of unbranched alkanes of at least 4 members (excludes halogenated alkanes) is 10. The van der Waals surface area contributed by atoms with Crippen molar-refractivity contribution in [2.75, 3.05) is 19.8 Å². The minimum Gasteiger partial charge on any atom is -0.359 e. The highest BCUT2D eigenvalue weighted by molar-refractivity contribution is 5.85. The predicted molar refractivity (Wildman–Crippen MR) is 101 cm³/mol. The van der Waals surface area contributed by atoms with Gasteiger partial charge >= 0.3 is 0 Å². The molecule has 0 bridgehead atoms. The van der Waals surface area contributed by atoms with Gasteiger partial charge in [-0.15, -0.1) is 12.4 Å². The van der Waals surface area contributed by atoms with Crippen LogP contribution >= 0.6 is 12.4 Å². The van der Waals surface area contributed by atoms with E-state index >= 15 is 0 Å². The average molecular weight is 331 g/mol. The van der Waals surface area contributed by atoms with Crippen molar-refractivity contribution in [3.63, 3.8) is 0 Å². The van der Waals surface area contributed by atoms with E-state index in [0.29, 0.717) is 0 Å². The van der Waals surface area contributed by atoms with Gasteiger partial charge in [0, 0.05) is 25.5 Å². The highest BCUT2D eigenvalue weighted by Crippen LogP contribution is 2.12. The maximum atomic E-state index is 2.48. The van der Waals surface area contributed by atoms with Crippen LogP contribution in [-0.4, -0.2) is 29.6 Å². The molecular formula is C19H39ClN2. The van der Waals surface area contributed by atoms with Crippen LogP contribution in [0.2, 0.25) is 0 Å². The third-order valence-electron chi connectivity index (χ3n) is 4.45. The van der Waals surface area contributed by atoms with Gasteiger partial charge < -0.3 is 9.80 Å². The Bertz CT molecular complexity index is 232. The van der Waals surface area contributed by atoms with E-state index in [1.54, 1.807) is 0 Å². The van der Waals surface area contributed by atoms with Gasteiger partial charge in [0.25, 0.3) is 0 Å². The van der Waals surface area contributed by atoms with Crippen molar-refractivity contribution < 1.29 is 0 Å². The lowest BCUT2D eigenvalue weighted by molar-refractivity contribution is 0.257. The summed E-state index contributed by atoms with van der Waals surface area (Å²) in [6.45, 7) is 8.19. The van der Waals surface area contributed by atoms with E-state index in [1.807, 2.05) is 0 Å². The molecule has 0 atom stereocenters. The van der Waals surface area contributed by atoms with Crippen LogP contribution in [0.1, 0.15) is 90.9 Å². The molecule has 1 aliphatic rings. The lowest BCUT2D eigenvalue weighted by atomic mass is 10.1. The Hall–Kier alpha value is -0.370. The van der Waals surface area contributed by atoms with Gasteiger partial charge in [0.1, 0.15) is 0 Å². The Morgan fingerprint density at radius 1 is 0.591 bits per heavy atom. The van der Waals surface area contributed by atoms with Crippen molar-refractivity contribution in [3.8, 4) is 0 Å². The van der Waals surface area contributed by atoms with Gasteiger partial charge in [0.05, 0.1) is 6.67 Å². The molecule has 0 saturated heterocycles. The summed E-state index contributed by atoms with van der Waals surface area (Å²) < 4.78 is 0. The first-order chi connectivity index (χ1) is 10.4. The molecule has 0 aromatic carbocycles. The molecule has 1 rings (SSSR count). The van der Waals surface area contributed by atoms with E-state index in [4.69, 9.17) is 0 Å². The van der Waals surface area contributed by atoms with Crippen LogP contribution in [0.25, 0.3) is 0 Å². The van der Waals surface area contributed by atoms with Crippen molar-refractivity contribution in [2.24, 2.45) is 0 Å². The first kappa shape index (κ1) is 21.6. The Morgan fingerprint density at radius 3 is 1.36 bits per heavy atom. The van der Waals surface area contributed by atoms with Crippen LogP contribution in [0.4, 0.5) is 0 Å². The standard InChI is InChI=1S/C19H38N2.ClH/c1-3-5-7-9-11-13-15-20-17-18-21(19-20)16-14-12-10-8-6-4-2;/h17-18H,3-16,19H2,1-2H3;1H. The topological polar surface area (TPSA) is 6.48 Å². The smallest absolute Gasteiger partial charge is 0.0893 e. The van der Waals surface area contributed by atoms with Crippen LogP contribution < -0.4 is 0 Å². The largest absolute Gasteiger partial charge is 0.359 e.